The van der Waals surface area contributed by atoms with Gasteiger partial charge in [-0.2, -0.15) is 0 Å². The topological polar surface area (TPSA) is 17.1 Å². The molecule has 0 saturated carbocycles. The van der Waals surface area contributed by atoms with Crippen molar-refractivity contribution in [2.24, 2.45) is 0 Å². The zero-order valence-corrected chi connectivity index (χ0v) is 9.90. The molecular formula is C10H9BrClFO. The van der Waals surface area contributed by atoms with Crippen molar-refractivity contribution in [2.75, 3.05) is 5.88 Å². The van der Waals surface area contributed by atoms with Gasteiger partial charge in [-0.25, -0.2) is 4.39 Å². The lowest BCUT2D eigenvalue weighted by Crippen LogP contribution is -2.15. The molecule has 1 aromatic rings. The molecule has 0 spiro atoms. The zero-order valence-electron chi connectivity index (χ0n) is 7.56. The lowest BCUT2D eigenvalue weighted by Gasteiger charge is -2.05. The first-order valence-electron chi connectivity index (χ1n) is 4.06. The summed E-state index contributed by atoms with van der Waals surface area (Å²) >= 11 is 8.67. The fraction of sp³-hybridized carbons (Fsp3) is 0.300. The van der Waals surface area contributed by atoms with Gasteiger partial charge in [-0.1, -0.05) is 15.9 Å². The summed E-state index contributed by atoms with van der Waals surface area (Å²) < 4.78 is 12.9. The van der Waals surface area contributed by atoms with E-state index in [9.17, 15) is 9.18 Å². The Morgan fingerprint density at radius 3 is 2.79 bits per heavy atom. The monoisotopic (exact) mass is 278 g/mol. The van der Waals surface area contributed by atoms with Crippen LogP contribution in [0.25, 0.3) is 0 Å². The maximum atomic E-state index is 12.9. The number of hydrogen-bond acceptors (Lipinski definition) is 1. The molecule has 0 aliphatic carbocycles. The van der Waals surface area contributed by atoms with Crippen LogP contribution in [0.1, 0.15) is 15.9 Å². The van der Waals surface area contributed by atoms with E-state index in [2.05, 4.69) is 15.9 Å². The highest BCUT2D eigenvalue weighted by Gasteiger charge is 2.16. The number of carbonyl (C=O) groups is 1. The van der Waals surface area contributed by atoms with E-state index >= 15 is 0 Å². The number of rotatable bonds is 3. The van der Waals surface area contributed by atoms with E-state index in [4.69, 9.17) is 11.6 Å². The zero-order chi connectivity index (χ0) is 10.7. The average molecular weight is 280 g/mol. The molecule has 0 aliphatic heterocycles. The molecule has 0 fully saturated rings. The van der Waals surface area contributed by atoms with Gasteiger partial charge in [0.1, 0.15) is 5.82 Å². The number of Topliss-reactive ketones (excluding diaryl/α,β-unsaturated/α-hetero) is 1. The van der Waals surface area contributed by atoms with Crippen molar-refractivity contribution in [2.45, 2.75) is 11.8 Å². The number of alkyl halides is 2. The smallest absolute Gasteiger partial charge is 0.177 e. The number of carbonyl (C=O) groups excluding carboxylic acids is 1. The quantitative estimate of drug-likeness (QED) is 0.613. The minimum absolute atomic E-state index is 0.122. The first-order valence-corrected chi connectivity index (χ1v) is 5.51. The van der Waals surface area contributed by atoms with Gasteiger partial charge in [0.15, 0.2) is 5.78 Å². The molecule has 0 N–H and O–H groups in total. The van der Waals surface area contributed by atoms with Crippen LogP contribution in [-0.4, -0.2) is 16.5 Å². The van der Waals surface area contributed by atoms with E-state index < -0.39 is 4.83 Å². The highest BCUT2D eigenvalue weighted by atomic mass is 79.9. The van der Waals surface area contributed by atoms with Crippen LogP contribution in [0.3, 0.4) is 0 Å². The van der Waals surface area contributed by atoms with E-state index in [1.165, 1.54) is 18.2 Å². The summed E-state index contributed by atoms with van der Waals surface area (Å²) in [4.78, 5) is 11.2. The van der Waals surface area contributed by atoms with E-state index in [0.717, 1.165) is 0 Å². The Hall–Kier alpha value is -0.410. The largest absolute Gasteiger partial charge is 0.293 e. The Morgan fingerprint density at radius 1 is 1.64 bits per heavy atom. The molecule has 4 heteroatoms. The Morgan fingerprint density at radius 2 is 2.29 bits per heavy atom. The predicted octanol–water partition coefficient (Wildman–Crippen LogP) is 3.32. The van der Waals surface area contributed by atoms with Crippen molar-refractivity contribution in [1.82, 2.24) is 0 Å². The van der Waals surface area contributed by atoms with Crippen molar-refractivity contribution in [3.8, 4) is 0 Å². The Labute approximate surface area is 95.4 Å². The molecule has 76 valence electrons. The molecule has 1 nitrogen and oxygen atoms in total. The van der Waals surface area contributed by atoms with Gasteiger partial charge >= 0.3 is 0 Å². The second-order valence-electron chi connectivity index (χ2n) is 2.95. The van der Waals surface area contributed by atoms with Gasteiger partial charge in [0, 0.05) is 11.4 Å². The summed E-state index contributed by atoms with van der Waals surface area (Å²) in [5.41, 5.74) is 0.941. The summed E-state index contributed by atoms with van der Waals surface area (Å²) in [6, 6.07) is 4.28. The molecular weight excluding hydrogens is 270 g/mol. The molecule has 0 amide bonds. The number of hydrogen-bond donors (Lipinski definition) is 0. The molecule has 0 bridgehead atoms. The van der Waals surface area contributed by atoms with Crippen LogP contribution >= 0.6 is 27.5 Å². The van der Waals surface area contributed by atoms with Gasteiger partial charge in [-0.05, 0) is 30.7 Å². The molecule has 0 saturated heterocycles. The van der Waals surface area contributed by atoms with Crippen LogP contribution < -0.4 is 0 Å². The molecule has 1 atom stereocenters. The fourth-order valence-corrected chi connectivity index (χ4v) is 1.45. The highest BCUT2D eigenvalue weighted by Crippen LogP contribution is 2.15. The SMILES string of the molecule is Cc1cc(C(=O)C(Br)CCl)ccc1F. The molecule has 0 heterocycles. The fourth-order valence-electron chi connectivity index (χ4n) is 1.05. The van der Waals surface area contributed by atoms with Crippen molar-refractivity contribution >= 4 is 33.3 Å². The van der Waals surface area contributed by atoms with Gasteiger partial charge in [0.05, 0.1) is 4.83 Å². The number of aryl methyl sites for hydroxylation is 1. The van der Waals surface area contributed by atoms with E-state index in [0.29, 0.717) is 11.1 Å². The van der Waals surface area contributed by atoms with Crippen molar-refractivity contribution < 1.29 is 9.18 Å². The van der Waals surface area contributed by atoms with Crippen LogP contribution in [0.15, 0.2) is 18.2 Å². The molecule has 1 rings (SSSR count). The number of benzene rings is 1. The first kappa shape index (κ1) is 11.7. The summed E-state index contributed by atoms with van der Waals surface area (Å²) in [5.74, 6) is -0.225. The molecule has 1 aromatic carbocycles. The first-order chi connectivity index (χ1) is 6.56. The molecule has 0 radical (unpaired) electrons. The second kappa shape index (κ2) is 4.89. The molecule has 0 aliphatic rings. The third kappa shape index (κ3) is 2.55. The minimum atomic E-state index is -0.408. The predicted molar refractivity (Wildman–Crippen MR) is 58.9 cm³/mol. The van der Waals surface area contributed by atoms with E-state index in [-0.39, 0.29) is 17.5 Å². The van der Waals surface area contributed by atoms with E-state index in [1.54, 1.807) is 6.92 Å². The second-order valence-corrected chi connectivity index (χ2v) is 4.36. The van der Waals surface area contributed by atoms with Crippen molar-refractivity contribution in [3.63, 3.8) is 0 Å². The van der Waals surface area contributed by atoms with Crippen LogP contribution in [0, 0.1) is 12.7 Å². The summed E-state index contributed by atoms with van der Waals surface area (Å²) in [6.45, 7) is 1.62. The summed E-state index contributed by atoms with van der Waals surface area (Å²) in [6.07, 6.45) is 0. The maximum Gasteiger partial charge on any atom is 0.177 e. The highest BCUT2D eigenvalue weighted by molar-refractivity contribution is 9.10. The Bertz CT molecular complexity index is 354. The van der Waals surface area contributed by atoms with Gasteiger partial charge in [0.25, 0.3) is 0 Å². The van der Waals surface area contributed by atoms with Crippen LogP contribution in [0.2, 0.25) is 0 Å². The van der Waals surface area contributed by atoms with E-state index in [1.807, 2.05) is 0 Å². The molecule has 14 heavy (non-hydrogen) atoms. The number of ketones is 1. The van der Waals surface area contributed by atoms with Crippen molar-refractivity contribution in [1.29, 1.82) is 0 Å². The molecule has 1 unspecified atom stereocenters. The summed E-state index contributed by atoms with van der Waals surface area (Å²) in [5, 5.41) is 0. The van der Waals surface area contributed by atoms with Gasteiger partial charge in [-0.15, -0.1) is 11.6 Å². The third-order valence-electron chi connectivity index (χ3n) is 1.86. The summed E-state index contributed by atoms with van der Waals surface area (Å²) in [7, 11) is 0. The van der Waals surface area contributed by atoms with Crippen LogP contribution in [0.4, 0.5) is 4.39 Å². The third-order valence-corrected chi connectivity index (χ3v) is 3.28. The lowest BCUT2D eigenvalue weighted by molar-refractivity contribution is 0.0996. The van der Waals surface area contributed by atoms with Crippen LogP contribution in [0.5, 0.6) is 0 Å². The standard InChI is InChI=1S/C10H9BrClFO/c1-6-4-7(2-3-9(6)13)10(14)8(11)5-12/h2-4,8H,5H2,1H3. The van der Waals surface area contributed by atoms with Crippen molar-refractivity contribution in [3.05, 3.63) is 35.1 Å². The maximum absolute atomic E-state index is 12.9. The normalized spacial score (nSPS) is 12.6. The molecule has 0 aromatic heterocycles. The minimum Gasteiger partial charge on any atom is -0.293 e. The Kier molecular flexibility index (Phi) is 4.08. The van der Waals surface area contributed by atoms with Gasteiger partial charge < -0.3 is 0 Å². The number of halogens is 3. The average Bonchev–Trinajstić information content (AvgIpc) is 2.20. The Balaban J connectivity index is 2.97. The lowest BCUT2D eigenvalue weighted by atomic mass is 10.1. The van der Waals surface area contributed by atoms with Gasteiger partial charge in [0.2, 0.25) is 0 Å². The van der Waals surface area contributed by atoms with Crippen LogP contribution in [-0.2, 0) is 0 Å². The van der Waals surface area contributed by atoms with Gasteiger partial charge in [-0.3, -0.25) is 4.79 Å².